The van der Waals surface area contributed by atoms with E-state index < -0.39 is 4.92 Å². The van der Waals surface area contributed by atoms with Crippen molar-refractivity contribution in [1.29, 1.82) is 0 Å². The molecule has 1 aromatic rings. The Hall–Kier alpha value is -1.70. The first kappa shape index (κ1) is 19.3. The fourth-order valence-corrected chi connectivity index (χ4v) is 1.66. The minimum atomic E-state index is -0.477. The van der Waals surface area contributed by atoms with Crippen LogP contribution in [0.3, 0.4) is 0 Å². The molecule has 8 heteroatoms. The van der Waals surface area contributed by atoms with E-state index in [1.54, 1.807) is 25.3 Å². The fraction of sp³-hybridized carbons (Fsp3) is 0.462. The molecule has 0 aliphatic heterocycles. The van der Waals surface area contributed by atoms with Gasteiger partial charge in [0, 0.05) is 38.4 Å². The summed E-state index contributed by atoms with van der Waals surface area (Å²) >= 11 is 0. The maximum Gasteiger partial charge on any atom is 0.273 e. The van der Waals surface area contributed by atoms with Crippen LogP contribution in [0.5, 0.6) is 0 Å². The number of rotatable bonds is 9. The molecule has 0 spiro atoms. The Morgan fingerprint density at radius 2 is 2.00 bits per heavy atom. The second-order valence-electron chi connectivity index (χ2n) is 4.16. The molecule has 0 aromatic heterocycles. The second-order valence-corrected chi connectivity index (χ2v) is 4.16. The predicted molar refractivity (Wildman–Crippen MR) is 81.8 cm³/mol. The summed E-state index contributed by atoms with van der Waals surface area (Å²) in [6.07, 6.45) is 0.00915. The minimum absolute atomic E-state index is 0. The quantitative estimate of drug-likeness (QED) is 0.401. The Labute approximate surface area is 129 Å². The van der Waals surface area contributed by atoms with Gasteiger partial charge in [-0.2, -0.15) is 0 Å². The zero-order valence-electron chi connectivity index (χ0n) is 11.8. The maximum atomic E-state index is 11.7. The molecule has 118 valence electrons. The molecular formula is C13H20ClN3O4. The number of carbonyl (C=O) groups is 1. The van der Waals surface area contributed by atoms with Gasteiger partial charge in [-0.25, -0.2) is 0 Å². The molecule has 0 saturated carbocycles. The smallest absolute Gasteiger partial charge is 0.273 e. The van der Waals surface area contributed by atoms with E-state index in [9.17, 15) is 14.9 Å². The van der Waals surface area contributed by atoms with Crippen molar-refractivity contribution in [1.82, 2.24) is 10.6 Å². The lowest BCUT2D eigenvalue weighted by molar-refractivity contribution is -0.385. The number of hydrogen-bond acceptors (Lipinski definition) is 5. The number of benzene rings is 1. The number of methoxy groups -OCH3 is 1. The molecule has 2 N–H and O–H groups in total. The van der Waals surface area contributed by atoms with Gasteiger partial charge in [-0.1, -0.05) is 18.2 Å². The highest BCUT2D eigenvalue weighted by Gasteiger charge is 2.14. The second kappa shape index (κ2) is 11.0. The molecule has 0 radical (unpaired) electrons. The summed E-state index contributed by atoms with van der Waals surface area (Å²) in [6, 6.07) is 6.25. The molecule has 1 amide bonds. The zero-order valence-corrected chi connectivity index (χ0v) is 12.6. The zero-order chi connectivity index (χ0) is 14.8. The molecule has 1 rings (SSSR count). The Bertz CT molecular complexity index is 457. The number of nitrogens with zero attached hydrogens (tertiary/aromatic N) is 1. The number of ether oxygens (including phenoxy) is 1. The molecule has 7 nitrogen and oxygen atoms in total. The lowest BCUT2D eigenvalue weighted by atomic mass is 10.1. The van der Waals surface area contributed by atoms with Crippen LogP contribution in [-0.2, 0) is 16.0 Å². The first-order valence-corrected chi connectivity index (χ1v) is 6.33. The first-order chi connectivity index (χ1) is 9.65. The van der Waals surface area contributed by atoms with E-state index in [0.717, 1.165) is 6.54 Å². The largest absolute Gasteiger partial charge is 0.383 e. The number of hydrogen-bond donors (Lipinski definition) is 2. The Morgan fingerprint density at radius 3 is 2.67 bits per heavy atom. The number of halogens is 1. The van der Waals surface area contributed by atoms with Gasteiger partial charge in [-0.05, 0) is 0 Å². The SMILES string of the molecule is COCCNCCNC(=O)Cc1ccccc1[N+](=O)[O-].Cl. The highest BCUT2D eigenvalue weighted by atomic mass is 35.5. The van der Waals surface area contributed by atoms with Crippen LogP contribution in [0.15, 0.2) is 24.3 Å². The molecule has 0 heterocycles. The van der Waals surface area contributed by atoms with Gasteiger partial charge >= 0.3 is 0 Å². The molecule has 0 fully saturated rings. The van der Waals surface area contributed by atoms with Crippen molar-refractivity contribution < 1.29 is 14.5 Å². The third kappa shape index (κ3) is 7.60. The Kier molecular flexibility index (Phi) is 10.1. The monoisotopic (exact) mass is 317 g/mol. The lowest BCUT2D eigenvalue weighted by Gasteiger charge is -2.07. The number of nitro groups is 1. The van der Waals surface area contributed by atoms with Crippen LogP contribution in [0.2, 0.25) is 0 Å². The third-order valence-electron chi connectivity index (χ3n) is 2.65. The lowest BCUT2D eigenvalue weighted by Crippen LogP contribution is -2.33. The van der Waals surface area contributed by atoms with E-state index in [-0.39, 0.29) is 30.4 Å². The van der Waals surface area contributed by atoms with Gasteiger partial charge in [0.25, 0.3) is 5.69 Å². The highest BCUT2D eigenvalue weighted by molar-refractivity contribution is 5.85. The van der Waals surface area contributed by atoms with Crippen LogP contribution in [0.1, 0.15) is 5.56 Å². The van der Waals surface area contributed by atoms with Crippen LogP contribution in [0, 0.1) is 10.1 Å². The van der Waals surface area contributed by atoms with E-state index in [4.69, 9.17) is 4.74 Å². The summed E-state index contributed by atoms with van der Waals surface area (Å²) < 4.78 is 4.87. The van der Waals surface area contributed by atoms with Crippen LogP contribution in [-0.4, -0.2) is 44.2 Å². The average molecular weight is 318 g/mol. The van der Waals surface area contributed by atoms with E-state index in [1.807, 2.05) is 0 Å². The third-order valence-corrected chi connectivity index (χ3v) is 2.65. The molecule has 0 bridgehead atoms. The van der Waals surface area contributed by atoms with E-state index in [1.165, 1.54) is 6.07 Å². The van der Waals surface area contributed by atoms with Crippen molar-refractivity contribution >= 4 is 24.0 Å². The summed E-state index contributed by atoms with van der Waals surface area (Å²) in [4.78, 5) is 22.0. The number of nitrogens with one attached hydrogen (secondary N) is 2. The van der Waals surface area contributed by atoms with Crippen LogP contribution >= 0.6 is 12.4 Å². The Morgan fingerprint density at radius 1 is 1.29 bits per heavy atom. The molecule has 0 unspecified atom stereocenters. The maximum absolute atomic E-state index is 11.7. The number of para-hydroxylation sites is 1. The number of amides is 1. The van der Waals surface area contributed by atoms with Crippen LogP contribution in [0.25, 0.3) is 0 Å². The first-order valence-electron chi connectivity index (χ1n) is 6.33. The topological polar surface area (TPSA) is 93.5 Å². The van der Waals surface area contributed by atoms with Gasteiger partial charge < -0.3 is 15.4 Å². The number of nitro benzene ring substituents is 1. The highest BCUT2D eigenvalue weighted by Crippen LogP contribution is 2.17. The average Bonchev–Trinajstić information content (AvgIpc) is 2.43. The van der Waals surface area contributed by atoms with Crippen LogP contribution in [0.4, 0.5) is 5.69 Å². The van der Waals surface area contributed by atoms with Gasteiger partial charge in [0.05, 0.1) is 18.0 Å². The van der Waals surface area contributed by atoms with Crippen molar-refractivity contribution in [2.45, 2.75) is 6.42 Å². The van der Waals surface area contributed by atoms with E-state index in [2.05, 4.69) is 10.6 Å². The van der Waals surface area contributed by atoms with Gasteiger partial charge in [0.2, 0.25) is 5.91 Å². The van der Waals surface area contributed by atoms with Crippen molar-refractivity contribution in [2.24, 2.45) is 0 Å². The molecule has 0 aliphatic carbocycles. The summed E-state index contributed by atoms with van der Waals surface area (Å²) in [5.74, 6) is -0.229. The van der Waals surface area contributed by atoms with E-state index >= 15 is 0 Å². The van der Waals surface area contributed by atoms with Crippen molar-refractivity contribution in [3.05, 3.63) is 39.9 Å². The predicted octanol–water partition coefficient (Wildman–Crippen LogP) is 0.911. The molecular weight excluding hydrogens is 298 g/mol. The van der Waals surface area contributed by atoms with Gasteiger partial charge in [0.1, 0.15) is 0 Å². The summed E-state index contributed by atoms with van der Waals surface area (Å²) in [6.45, 7) is 2.44. The van der Waals surface area contributed by atoms with Crippen molar-refractivity contribution in [3.63, 3.8) is 0 Å². The molecule has 0 atom stereocenters. The van der Waals surface area contributed by atoms with Gasteiger partial charge in [-0.3, -0.25) is 14.9 Å². The van der Waals surface area contributed by atoms with Gasteiger partial charge in [0.15, 0.2) is 0 Å². The van der Waals surface area contributed by atoms with E-state index in [0.29, 0.717) is 25.3 Å². The van der Waals surface area contributed by atoms with Crippen molar-refractivity contribution in [3.8, 4) is 0 Å². The summed E-state index contributed by atoms with van der Waals surface area (Å²) in [5.41, 5.74) is 0.392. The van der Waals surface area contributed by atoms with Crippen molar-refractivity contribution in [2.75, 3.05) is 33.4 Å². The fourth-order valence-electron chi connectivity index (χ4n) is 1.66. The standard InChI is InChI=1S/C13H19N3O4.ClH/c1-20-9-8-14-6-7-15-13(17)10-11-4-2-3-5-12(11)16(18)19;/h2-5,14H,6-10H2,1H3,(H,15,17);1H. The summed E-state index contributed by atoms with van der Waals surface area (Å²) in [7, 11) is 1.62. The molecule has 0 aliphatic rings. The normalized spacial score (nSPS) is 9.76. The number of carbonyl (C=O) groups excluding carboxylic acids is 1. The summed E-state index contributed by atoms with van der Waals surface area (Å²) in [5, 5.41) is 16.6. The Balaban J connectivity index is 0.00000400. The van der Waals surface area contributed by atoms with Gasteiger partial charge in [-0.15, -0.1) is 12.4 Å². The minimum Gasteiger partial charge on any atom is -0.383 e. The van der Waals surface area contributed by atoms with Crippen LogP contribution < -0.4 is 10.6 Å². The molecule has 1 aromatic carbocycles. The molecule has 21 heavy (non-hydrogen) atoms. The molecule has 0 saturated heterocycles.